The van der Waals surface area contributed by atoms with Gasteiger partial charge < -0.3 is 14.2 Å². The van der Waals surface area contributed by atoms with Gasteiger partial charge in [0.2, 0.25) is 0 Å². The first-order chi connectivity index (χ1) is 32.5. The van der Waals surface area contributed by atoms with Crippen molar-refractivity contribution in [1.82, 2.24) is 0 Å². The van der Waals surface area contributed by atoms with E-state index < -0.39 is 6.10 Å². The highest BCUT2D eigenvalue weighted by atomic mass is 16.6. The summed E-state index contributed by atoms with van der Waals surface area (Å²) in [7, 11) is 0. The molecule has 384 valence electrons. The van der Waals surface area contributed by atoms with Gasteiger partial charge in [0.25, 0.3) is 0 Å². The predicted molar refractivity (Wildman–Crippen MR) is 284 cm³/mol. The van der Waals surface area contributed by atoms with Crippen molar-refractivity contribution >= 4 is 17.9 Å². The van der Waals surface area contributed by atoms with Gasteiger partial charge in [-0.25, -0.2) is 0 Å². The smallest absolute Gasteiger partial charge is 0.306 e. The third-order valence-corrected chi connectivity index (χ3v) is 12.7. The minimum Gasteiger partial charge on any atom is -0.462 e. The third kappa shape index (κ3) is 52.3. The molecule has 0 rings (SSSR count). The first-order valence-corrected chi connectivity index (χ1v) is 28.7. The SMILES string of the molecule is CC/C=C/C=C/C=C/C=C/CCCCCC(=O)OCC(COC(=O)CCCCCCCCCCCCCCCCCCCC)OC(=O)CCCCCCCCCCCCCCCCCCC. The monoisotopic (exact) mass is 925 g/mol. The number of hydrogen-bond acceptors (Lipinski definition) is 6. The van der Waals surface area contributed by atoms with Crippen molar-refractivity contribution in [2.75, 3.05) is 13.2 Å². The molecule has 0 aliphatic carbocycles. The van der Waals surface area contributed by atoms with Gasteiger partial charge >= 0.3 is 17.9 Å². The molecule has 0 N–H and O–H groups in total. The number of ether oxygens (including phenoxy) is 3. The highest BCUT2D eigenvalue weighted by Gasteiger charge is 2.19. The van der Waals surface area contributed by atoms with E-state index in [0.717, 1.165) is 70.6 Å². The van der Waals surface area contributed by atoms with Crippen molar-refractivity contribution in [3.05, 3.63) is 48.6 Å². The average Bonchev–Trinajstić information content (AvgIpc) is 3.31. The highest BCUT2D eigenvalue weighted by molar-refractivity contribution is 5.71. The number of rotatable bonds is 52. The molecule has 0 saturated heterocycles. The van der Waals surface area contributed by atoms with Crippen LogP contribution in [-0.4, -0.2) is 37.2 Å². The van der Waals surface area contributed by atoms with E-state index in [1.807, 2.05) is 30.4 Å². The molecule has 0 bridgehead atoms. The van der Waals surface area contributed by atoms with Crippen molar-refractivity contribution in [3.63, 3.8) is 0 Å². The summed E-state index contributed by atoms with van der Waals surface area (Å²) < 4.78 is 16.8. The lowest BCUT2D eigenvalue weighted by molar-refractivity contribution is -0.167. The Morgan fingerprint density at radius 2 is 0.591 bits per heavy atom. The van der Waals surface area contributed by atoms with Crippen molar-refractivity contribution in [3.8, 4) is 0 Å². The Labute approximate surface area is 409 Å². The summed E-state index contributed by atoms with van der Waals surface area (Å²) in [6, 6.07) is 0. The molecular weight excluding hydrogens is 817 g/mol. The standard InChI is InChI=1S/C60H108O6/c1-4-7-10-13-16-19-22-25-27-29-31-32-35-38-41-44-47-50-53-59(62)65-56-57(55-64-58(61)52-49-46-43-40-37-34-24-21-18-15-12-9-6-3)66-60(63)54-51-48-45-42-39-36-33-30-28-26-23-20-17-14-11-8-5-2/h9,12,15,18,21,24,34,37,57H,4-8,10-11,13-14,16-17,19-20,22-23,25-33,35-36,38-56H2,1-3H3/b12-9+,18-15+,24-21+,37-34+. The van der Waals surface area contributed by atoms with Crippen LogP contribution >= 0.6 is 0 Å². The zero-order chi connectivity index (χ0) is 47.9. The van der Waals surface area contributed by atoms with E-state index in [1.54, 1.807) is 0 Å². The molecule has 0 aliphatic heterocycles. The van der Waals surface area contributed by atoms with Crippen LogP contribution in [0.4, 0.5) is 0 Å². The lowest BCUT2D eigenvalue weighted by Gasteiger charge is -2.18. The van der Waals surface area contributed by atoms with Crippen LogP contribution in [0.3, 0.4) is 0 Å². The Balaban J connectivity index is 4.35. The van der Waals surface area contributed by atoms with Gasteiger partial charge in [-0.2, -0.15) is 0 Å². The van der Waals surface area contributed by atoms with E-state index >= 15 is 0 Å². The summed E-state index contributed by atoms with van der Waals surface area (Å²) in [6.07, 6.45) is 66.8. The molecule has 0 aromatic carbocycles. The van der Waals surface area contributed by atoms with Gasteiger partial charge in [-0.3, -0.25) is 14.4 Å². The number of esters is 3. The maximum Gasteiger partial charge on any atom is 0.306 e. The maximum absolute atomic E-state index is 12.8. The fourth-order valence-electron chi connectivity index (χ4n) is 8.40. The van der Waals surface area contributed by atoms with Crippen LogP contribution < -0.4 is 0 Å². The van der Waals surface area contributed by atoms with E-state index in [1.165, 1.54) is 186 Å². The quantitative estimate of drug-likeness (QED) is 0.0262. The molecule has 0 spiro atoms. The minimum absolute atomic E-state index is 0.0814. The van der Waals surface area contributed by atoms with Crippen LogP contribution in [0.2, 0.25) is 0 Å². The van der Waals surface area contributed by atoms with Crippen molar-refractivity contribution in [2.24, 2.45) is 0 Å². The van der Waals surface area contributed by atoms with Gasteiger partial charge in [-0.05, 0) is 38.5 Å². The Morgan fingerprint density at radius 1 is 0.318 bits per heavy atom. The Hall–Kier alpha value is -2.63. The summed E-state index contributed by atoms with van der Waals surface area (Å²) in [5.41, 5.74) is 0. The van der Waals surface area contributed by atoms with Crippen molar-refractivity contribution in [1.29, 1.82) is 0 Å². The van der Waals surface area contributed by atoms with Crippen LogP contribution in [0.25, 0.3) is 0 Å². The van der Waals surface area contributed by atoms with Crippen molar-refractivity contribution < 1.29 is 28.6 Å². The molecule has 1 unspecified atom stereocenters. The molecule has 0 amide bonds. The number of hydrogen-bond donors (Lipinski definition) is 0. The molecule has 0 aromatic rings. The largest absolute Gasteiger partial charge is 0.462 e. The molecule has 0 saturated carbocycles. The van der Waals surface area contributed by atoms with E-state index in [-0.39, 0.29) is 31.1 Å². The minimum atomic E-state index is -0.785. The first-order valence-electron chi connectivity index (χ1n) is 28.7. The van der Waals surface area contributed by atoms with Gasteiger partial charge in [0, 0.05) is 19.3 Å². The first kappa shape index (κ1) is 63.4. The van der Waals surface area contributed by atoms with Gasteiger partial charge in [-0.15, -0.1) is 0 Å². The van der Waals surface area contributed by atoms with E-state index in [9.17, 15) is 14.4 Å². The van der Waals surface area contributed by atoms with Crippen LogP contribution in [-0.2, 0) is 28.6 Å². The Kier molecular flexibility index (Phi) is 52.8. The molecular formula is C60H108O6. The van der Waals surface area contributed by atoms with Crippen molar-refractivity contribution in [2.45, 2.75) is 303 Å². The molecule has 0 aromatic heterocycles. The molecule has 0 radical (unpaired) electrons. The van der Waals surface area contributed by atoms with Crippen LogP contribution in [0.5, 0.6) is 0 Å². The van der Waals surface area contributed by atoms with E-state index in [2.05, 4.69) is 39.0 Å². The fourth-order valence-corrected chi connectivity index (χ4v) is 8.40. The van der Waals surface area contributed by atoms with Gasteiger partial charge in [0.1, 0.15) is 13.2 Å². The second-order valence-corrected chi connectivity index (χ2v) is 19.3. The predicted octanol–water partition coefficient (Wildman–Crippen LogP) is 19.0. The second kappa shape index (κ2) is 55.0. The molecule has 6 nitrogen and oxygen atoms in total. The summed E-state index contributed by atoms with van der Waals surface area (Å²) in [6.45, 7) is 6.51. The van der Waals surface area contributed by atoms with E-state index in [0.29, 0.717) is 19.3 Å². The van der Waals surface area contributed by atoms with Crippen LogP contribution in [0.15, 0.2) is 48.6 Å². The van der Waals surface area contributed by atoms with Crippen LogP contribution in [0.1, 0.15) is 297 Å². The molecule has 1 atom stereocenters. The zero-order valence-corrected chi connectivity index (χ0v) is 44.0. The zero-order valence-electron chi connectivity index (χ0n) is 44.0. The molecule has 6 heteroatoms. The summed E-state index contributed by atoms with van der Waals surface area (Å²) in [5.74, 6) is -0.905. The number of unbranched alkanes of at least 4 members (excludes halogenated alkanes) is 36. The molecule has 0 aliphatic rings. The molecule has 0 heterocycles. The second-order valence-electron chi connectivity index (χ2n) is 19.3. The Bertz CT molecular complexity index is 1150. The van der Waals surface area contributed by atoms with Gasteiger partial charge in [0.15, 0.2) is 6.10 Å². The summed E-state index contributed by atoms with van der Waals surface area (Å²) in [4.78, 5) is 38.1. The highest BCUT2D eigenvalue weighted by Crippen LogP contribution is 2.17. The van der Waals surface area contributed by atoms with E-state index in [4.69, 9.17) is 14.2 Å². The number of carbonyl (C=O) groups is 3. The van der Waals surface area contributed by atoms with Gasteiger partial charge in [-0.1, -0.05) is 288 Å². The summed E-state index contributed by atoms with van der Waals surface area (Å²) >= 11 is 0. The average molecular weight is 926 g/mol. The normalized spacial score (nSPS) is 12.3. The maximum atomic E-state index is 12.8. The van der Waals surface area contributed by atoms with Crippen LogP contribution in [0, 0.1) is 0 Å². The number of allylic oxidation sites excluding steroid dienone is 8. The van der Waals surface area contributed by atoms with Gasteiger partial charge in [0.05, 0.1) is 0 Å². The fraction of sp³-hybridized carbons (Fsp3) is 0.817. The number of carbonyl (C=O) groups excluding carboxylic acids is 3. The Morgan fingerprint density at radius 3 is 0.924 bits per heavy atom. The summed E-state index contributed by atoms with van der Waals surface area (Å²) in [5, 5.41) is 0. The third-order valence-electron chi connectivity index (χ3n) is 12.7. The topological polar surface area (TPSA) is 78.9 Å². The molecule has 66 heavy (non-hydrogen) atoms. The lowest BCUT2D eigenvalue weighted by atomic mass is 10.0. The lowest BCUT2D eigenvalue weighted by Crippen LogP contribution is -2.30. The molecule has 0 fully saturated rings.